The number of aryl methyl sites for hydroxylation is 3. The number of carbonyl (C=O) groups excluding carboxylic acids is 2. The largest absolute Gasteiger partial charge is 0.352 e. The Bertz CT molecular complexity index is 858. The predicted octanol–water partition coefficient (Wildman–Crippen LogP) is 4.88. The number of hydrogen-bond acceptors (Lipinski definition) is 2. The maximum atomic E-state index is 13.5. The van der Waals surface area contributed by atoms with Gasteiger partial charge in [-0.05, 0) is 57.2 Å². The SMILES string of the molecule is CC[C@@H](C)NC(=O)[C@H](CC)N(Cc1ccc(C)cc1)C(=O)Cc1cc(C)ccc1C. The fourth-order valence-electron chi connectivity index (χ4n) is 3.51. The average molecular weight is 409 g/mol. The molecule has 0 saturated heterocycles. The van der Waals surface area contributed by atoms with Crippen LogP contribution in [0.5, 0.6) is 0 Å². The van der Waals surface area contributed by atoms with Crippen LogP contribution in [-0.4, -0.2) is 28.8 Å². The van der Waals surface area contributed by atoms with Crippen LogP contribution in [0.2, 0.25) is 0 Å². The van der Waals surface area contributed by atoms with Gasteiger partial charge in [0.15, 0.2) is 0 Å². The first-order valence-corrected chi connectivity index (χ1v) is 11.0. The number of nitrogens with zero attached hydrogens (tertiary/aromatic N) is 1. The highest BCUT2D eigenvalue weighted by molar-refractivity contribution is 5.88. The molecule has 4 nitrogen and oxygen atoms in total. The molecule has 4 heteroatoms. The van der Waals surface area contributed by atoms with Gasteiger partial charge in [-0.3, -0.25) is 9.59 Å². The van der Waals surface area contributed by atoms with E-state index in [1.54, 1.807) is 4.90 Å². The molecule has 2 aromatic rings. The molecule has 2 amide bonds. The topological polar surface area (TPSA) is 49.4 Å². The molecular weight excluding hydrogens is 372 g/mol. The molecule has 2 rings (SSSR count). The summed E-state index contributed by atoms with van der Waals surface area (Å²) >= 11 is 0. The summed E-state index contributed by atoms with van der Waals surface area (Å²) in [6, 6.07) is 13.9. The Hall–Kier alpha value is -2.62. The van der Waals surface area contributed by atoms with Crippen LogP contribution in [0.4, 0.5) is 0 Å². The van der Waals surface area contributed by atoms with E-state index in [2.05, 4.69) is 23.5 Å². The van der Waals surface area contributed by atoms with E-state index in [9.17, 15) is 9.59 Å². The standard InChI is InChI=1S/C26H36N2O2/c1-7-21(6)27-26(30)24(8-2)28(17-22-13-10-18(3)11-14-22)25(29)16-23-15-19(4)9-12-20(23)5/h9-15,21,24H,7-8,16-17H2,1-6H3,(H,27,30)/t21-,24+/m1/s1. The van der Waals surface area contributed by atoms with Crippen LogP contribution in [0.3, 0.4) is 0 Å². The Kier molecular flexibility index (Phi) is 8.64. The zero-order valence-electron chi connectivity index (χ0n) is 19.3. The van der Waals surface area contributed by atoms with E-state index in [4.69, 9.17) is 0 Å². The van der Waals surface area contributed by atoms with Gasteiger partial charge in [0.05, 0.1) is 6.42 Å². The van der Waals surface area contributed by atoms with Crippen LogP contribution in [0.25, 0.3) is 0 Å². The molecule has 2 atom stereocenters. The maximum absolute atomic E-state index is 13.5. The molecule has 2 aromatic carbocycles. The molecule has 0 saturated carbocycles. The lowest BCUT2D eigenvalue weighted by atomic mass is 10.0. The number of rotatable bonds is 9. The van der Waals surface area contributed by atoms with E-state index in [0.29, 0.717) is 19.4 Å². The summed E-state index contributed by atoms with van der Waals surface area (Å²) in [5, 5.41) is 3.06. The zero-order chi connectivity index (χ0) is 22.3. The second kappa shape index (κ2) is 11.0. The summed E-state index contributed by atoms with van der Waals surface area (Å²) in [5.74, 6) is -0.0938. The van der Waals surface area contributed by atoms with Crippen molar-refractivity contribution in [1.82, 2.24) is 10.2 Å². The van der Waals surface area contributed by atoms with E-state index in [-0.39, 0.29) is 17.9 Å². The first-order valence-electron chi connectivity index (χ1n) is 11.0. The van der Waals surface area contributed by atoms with Crippen molar-refractivity contribution in [2.45, 2.75) is 79.4 Å². The summed E-state index contributed by atoms with van der Waals surface area (Å²) in [6.07, 6.45) is 1.73. The highest BCUT2D eigenvalue weighted by Crippen LogP contribution is 2.18. The third-order valence-corrected chi connectivity index (χ3v) is 5.71. The lowest BCUT2D eigenvalue weighted by molar-refractivity contribution is -0.141. The Balaban J connectivity index is 2.32. The van der Waals surface area contributed by atoms with Crippen LogP contribution in [0, 0.1) is 20.8 Å². The third-order valence-electron chi connectivity index (χ3n) is 5.71. The number of carbonyl (C=O) groups is 2. The molecular formula is C26H36N2O2. The number of hydrogen-bond donors (Lipinski definition) is 1. The second-order valence-electron chi connectivity index (χ2n) is 8.36. The molecule has 0 spiro atoms. The molecule has 0 bridgehead atoms. The van der Waals surface area contributed by atoms with Crippen molar-refractivity contribution in [3.63, 3.8) is 0 Å². The minimum atomic E-state index is -0.488. The summed E-state index contributed by atoms with van der Waals surface area (Å²) in [7, 11) is 0. The highest BCUT2D eigenvalue weighted by Gasteiger charge is 2.29. The zero-order valence-corrected chi connectivity index (χ0v) is 19.3. The molecule has 0 aliphatic rings. The maximum Gasteiger partial charge on any atom is 0.243 e. The van der Waals surface area contributed by atoms with Crippen LogP contribution >= 0.6 is 0 Å². The van der Waals surface area contributed by atoms with Crippen molar-refractivity contribution in [2.24, 2.45) is 0 Å². The first-order chi connectivity index (χ1) is 14.2. The molecule has 30 heavy (non-hydrogen) atoms. The van der Waals surface area contributed by atoms with Gasteiger partial charge in [0.1, 0.15) is 6.04 Å². The van der Waals surface area contributed by atoms with Crippen LogP contribution in [-0.2, 0) is 22.6 Å². The Morgan fingerprint density at radius 3 is 2.17 bits per heavy atom. The molecule has 0 radical (unpaired) electrons. The minimum Gasteiger partial charge on any atom is -0.352 e. The van der Waals surface area contributed by atoms with Crippen LogP contribution < -0.4 is 5.32 Å². The van der Waals surface area contributed by atoms with Gasteiger partial charge in [-0.2, -0.15) is 0 Å². The Labute approximate surface area is 181 Å². The summed E-state index contributed by atoms with van der Waals surface area (Å²) < 4.78 is 0. The molecule has 0 fully saturated rings. The van der Waals surface area contributed by atoms with Crippen molar-refractivity contribution < 1.29 is 9.59 Å². The molecule has 0 unspecified atom stereocenters. The van der Waals surface area contributed by atoms with Crippen molar-refractivity contribution in [2.75, 3.05) is 0 Å². The smallest absolute Gasteiger partial charge is 0.243 e. The van der Waals surface area contributed by atoms with E-state index in [1.165, 1.54) is 5.56 Å². The summed E-state index contributed by atoms with van der Waals surface area (Å²) in [5.41, 5.74) is 5.46. The highest BCUT2D eigenvalue weighted by atomic mass is 16.2. The number of nitrogens with one attached hydrogen (secondary N) is 1. The fourth-order valence-corrected chi connectivity index (χ4v) is 3.51. The van der Waals surface area contributed by atoms with Crippen LogP contribution in [0.1, 0.15) is 61.4 Å². The van der Waals surface area contributed by atoms with E-state index in [0.717, 1.165) is 28.7 Å². The molecule has 1 N–H and O–H groups in total. The fraction of sp³-hybridized carbons (Fsp3) is 0.462. The van der Waals surface area contributed by atoms with Crippen LogP contribution in [0.15, 0.2) is 42.5 Å². The van der Waals surface area contributed by atoms with E-state index < -0.39 is 6.04 Å². The van der Waals surface area contributed by atoms with Crippen molar-refractivity contribution in [3.05, 3.63) is 70.3 Å². The summed E-state index contributed by atoms with van der Waals surface area (Å²) in [4.78, 5) is 28.2. The van der Waals surface area contributed by atoms with Crippen molar-refractivity contribution in [3.8, 4) is 0 Å². The van der Waals surface area contributed by atoms with Gasteiger partial charge >= 0.3 is 0 Å². The molecule has 0 aliphatic carbocycles. The summed E-state index contributed by atoms with van der Waals surface area (Å²) in [6.45, 7) is 12.5. The monoisotopic (exact) mass is 408 g/mol. The minimum absolute atomic E-state index is 0.0181. The number of benzene rings is 2. The third kappa shape index (κ3) is 6.45. The second-order valence-corrected chi connectivity index (χ2v) is 8.36. The number of amides is 2. The van der Waals surface area contributed by atoms with Crippen molar-refractivity contribution in [1.29, 1.82) is 0 Å². The molecule has 0 aliphatic heterocycles. The average Bonchev–Trinajstić information content (AvgIpc) is 2.71. The van der Waals surface area contributed by atoms with E-state index >= 15 is 0 Å². The van der Waals surface area contributed by atoms with Gasteiger partial charge in [0.2, 0.25) is 11.8 Å². The van der Waals surface area contributed by atoms with Gasteiger partial charge in [0, 0.05) is 12.6 Å². The van der Waals surface area contributed by atoms with Crippen molar-refractivity contribution >= 4 is 11.8 Å². The Morgan fingerprint density at radius 1 is 0.933 bits per heavy atom. The first kappa shape index (κ1) is 23.7. The lowest BCUT2D eigenvalue weighted by Crippen LogP contribution is -2.51. The van der Waals surface area contributed by atoms with Gasteiger partial charge < -0.3 is 10.2 Å². The molecule has 0 aromatic heterocycles. The normalized spacial score (nSPS) is 12.9. The Morgan fingerprint density at radius 2 is 1.57 bits per heavy atom. The van der Waals surface area contributed by atoms with Gasteiger partial charge in [0.25, 0.3) is 0 Å². The van der Waals surface area contributed by atoms with Gasteiger partial charge in [-0.1, -0.05) is 67.4 Å². The van der Waals surface area contributed by atoms with Gasteiger partial charge in [-0.15, -0.1) is 0 Å². The van der Waals surface area contributed by atoms with Gasteiger partial charge in [-0.25, -0.2) is 0 Å². The van der Waals surface area contributed by atoms with E-state index in [1.807, 2.05) is 65.8 Å². The quantitative estimate of drug-likeness (QED) is 0.643. The molecule has 162 valence electrons. The molecule has 0 heterocycles. The predicted molar refractivity (Wildman–Crippen MR) is 123 cm³/mol. The lowest BCUT2D eigenvalue weighted by Gasteiger charge is -2.32.